The molecule has 1 saturated heterocycles. The number of nitrogens with one attached hydrogen (secondary N) is 1. The second-order valence-electron chi connectivity index (χ2n) is 6.87. The summed E-state index contributed by atoms with van der Waals surface area (Å²) >= 11 is 7.73. The summed E-state index contributed by atoms with van der Waals surface area (Å²) < 4.78 is 1.80. The maximum absolute atomic E-state index is 12.6. The van der Waals surface area contributed by atoms with Gasteiger partial charge in [-0.25, -0.2) is 4.68 Å². The summed E-state index contributed by atoms with van der Waals surface area (Å²) in [6.45, 7) is 4.01. The maximum Gasteiger partial charge on any atom is 0.261 e. The Balaban J connectivity index is 1.46. The van der Waals surface area contributed by atoms with E-state index >= 15 is 0 Å². The van der Waals surface area contributed by atoms with E-state index in [4.69, 9.17) is 11.6 Å². The number of para-hydroxylation sites is 1. The topological polar surface area (TPSA) is 67.2 Å². The molecule has 6 nitrogen and oxygen atoms in total. The monoisotopic (exact) mass is 416 g/mol. The van der Waals surface area contributed by atoms with Gasteiger partial charge in [0.05, 0.1) is 21.3 Å². The van der Waals surface area contributed by atoms with Gasteiger partial charge in [-0.3, -0.25) is 9.59 Å². The minimum atomic E-state index is -0.0981. The average Bonchev–Trinajstić information content (AvgIpc) is 3.36. The van der Waals surface area contributed by atoms with Crippen molar-refractivity contribution in [1.82, 2.24) is 20.0 Å². The van der Waals surface area contributed by atoms with Gasteiger partial charge < -0.3 is 10.2 Å². The minimum absolute atomic E-state index is 0.0981. The summed E-state index contributed by atoms with van der Waals surface area (Å²) in [7, 11) is 0. The van der Waals surface area contributed by atoms with Crippen LogP contribution in [-0.2, 0) is 4.79 Å². The molecule has 146 valence electrons. The molecule has 3 heterocycles. The first-order chi connectivity index (χ1) is 13.5. The number of carbonyl (C=O) groups excluding carboxylic acids is 2. The zero-order chi connectivity index (χ0) is 19.7. The molecule has 1 aliphatic rings. The molecule has 8 heteroatoms. The summed E-state index contributed by atoms with van der Waals surface area (Å²) in [5, 5.41) is 9.11. The fourth-order valence-corrected chi connectivity index (χ4v) is 4.75. The highest BCUT2D eigenvalue weighted by Gasteiger charge is 2.20. The Labute approximate surface area is 172 Å². The Bertz CT molecular complexity index is 1040. The van der Waals surface area contributed by atoms with Gasteiger partial charge in [0, 0.05) is 31.4 Å². The van der Waals surface area contributed by atoms with Gasteiger partial charge in [-0.1, -0.05) is 23.7 Å². The second kappa shape index (κ2) is 7.93. The number of carbonyl (C=O) groups is 2. The normalized spacial score (nSPS) is 14.2. The molecule has 0 aliphatic carbocycles. The number of hydrogen-bond donors (Lipinski definition) is 1. The SMILES string of the molecule is Cc1nn(-c2ccccc2Cl)c2sc(C(=O)NCCCN3CCCC3=O)cc12. The van der Waals surface area contributed by atoms with Crippen LogP contribution >= 0.6 is 22.9 Å². The smallest absolute Gasteiger partial charge is 0.261 e. The zero-order valence-electron chi connectivity index (χ0n) is 15.6. The Morgan fingerprint density at radius 1 is 1.36 bits per heavy atom. The van der Waals surface area contributed by atoms with E-state index in [1.54, 1.807) is 4.68 Å². The van der Waals surface area contributed by atoms with Gasteiger partial charge in [-0.2, -0.15) is 5.10 Å². The predicted octanol–water partition coefficient (Wildman–Crippen LogP) is 3.79. The van der Waals surface area contributed by atoms with Gasteiger partial charge in [0.2, 0.25) is 5.91 Å². The number of likely N-dealkylation sites (tertiary alicyclic amines) is 1. The molecule has 2 amide bonds. The number of benzene rings is 1. The number of rotatable bonds is 6. The largest absolute Gasteiger partial charge is 0.351 e. The first-order valence-electron chi connectivity index (χ1n) is 9.34. The van der Waals surface area contributed by atoms with Gasteiger partial charge in [0.15, 0.2) is 0 Å². The number of nitrogens with zero attached hydrogens (tertiary/aromatic N) is 3. The predicted molar refractivity (Wildman–Crippen MR) is 111 cm³/mol. The molecule has 3 aromatic rings. The van der Waals surface area contributed by atoms with Gasteiger partial charge in [-0.05, 0) is 38.0 Å². The third-order valence-electron chi connectivity index (χ3n) is 4.91. The van der Waals surface area contributed by atoms with Crippen molar-refractivity contribution < 1.29 is 9.59 Å². The van der Waals surface area contributed by atoms with E-state index in [0.717, 1.165) is 41.0 Å². The van der Waals surface area contributed by atoms with Crippen LogP contribution < -0.4 is 5.32 Å². The Kier molecular flexibility index (Phi) is 5.37. The number of hydrogen-bond acceptors (Lipinski definition) is 4. The molecule has 4 rings (SSSR count). The third kappa shape index (κ3) is 3.64. The van der Waals surface area contributed by atoms with Crippen molar-refractivity contribution in [3.8, 4) is 5.69 Å². The van der Waals surface area contributed by atoms with Crippen LogP contribution in [0.2, 0.25) is 5.02 Å². The summed E-state index contributed by atoms with van der Waals surface area (Å²) in [6.07, 6.45) is 2.35. The van der Waals surface area contributed by atoms with Gasteiger partial charge >= 0.3 is 0 Å². The van der Waals surface area contributed by atoms with E-state index in [2.05, 4.69) is 10.4 Å². The van der Waals surface area contributed by atoms with Crippen molar-refractivity contribution in [1.29, 1.82) is 0 Å². The van der Waals surface area contributed by atoms with Crippen LogP contribution in [0.1, 0.15) is 34.6 Å². The maximum atomic E-state index is 12.6. The van der Waals surface area contributed by atoms with Gasteiger partial charge in [-0.15, -0.1) is 11.3 Å². The minimum Gasteiger partial charge on any atom is -0.351 e. The van der Waals surface area contributed by atoms with Gasteiger partial charge in [0.25, 0.3) is 5.91 Å². The standard InChI is InChI=1S/C20H21ClN4O2S/c1-13-14-12-17(19(27)22-9-5-11-24-10-4-8-18(24)26)28-20(14)25(23-13)16-7-3-2-6-15(16)21/h2-3,6-7,12H,4-5,8-11H2,1H3,(H,22,27). The molecule has 0 radical (unpaired) electrons. The molecule has 1 fully saturated rings. The van der Waals surface area contributed by atoms with E-state index in [0.29, 0.717) is 29.4 Å². The summed E-state index contributed by atoms with van der Waals surface area (Å²) in [4.78, 5) is 27.6. The molecule has 1 N–H and O–H groups in total. The lowest BCUT2D eigenvalue weighted by Crippen LogP contribution is -2.30. The van der Waals surface area contributed by atoms with Crippen LogP contribution in [0.3, 0.4) is 0 Å². The van der Waals surface area contributed by atoms with Gasteiger partial charge in [0.1, 0.15) is 4.83 Å². The van der Waals surface area contributed by atoms with Crippen molar-refractivity contribution in [2.24, 2.45) is 0 Å². The van der Waals surface area contributed by atoms with E-state index in [-0.39, 0.29) is 11.8 Å². The molecule has 1 aromatic carbocycles. The van der Waals surface area contributed by atoms with E-state index < -0.39 is 0 Å². The lowest BCUT2D eigenvalue weighted by atomic mass is 10.3. The Hall–Kier alpha value is -2.38. The van der Waals surface area contributed by atoms with Crippen LogP contribution in [0.5, 0.6) is 0 Å². The lowest BCUT2D eigenvalue weighted by Gasteiger charge is -2.15. The highest BCUT2D eigenvalue weighted by molar-refractivity contribution is 7.20. The first kappa shape index (κ1) is 19.0. The summed E-state index contributed by atoms with van der Waals surface area (Å²) in [5.74, 6) is 0.120. The van der Waals surface area contributed by atoms with Crippen molar-refractivity contribution in [3.05, 3.63) is 45.9 Å². The van der Waals surface area contributed by atoms with Crippen LogP contribution in [0.15, 0.2) is 30.3 Å². The fourth-order valence-electron chi connectivity index (χ4n) is 3.45. The first-order valence-corrected chi connectivity index (χ1v) is 10.5. The third-order valence-corrected chi connectivity index (χ3v) is 6.34. The van der Waals surface area contributed by atoms with E-state index in [1.807, 2.05) is 42.2 Å². The molecule has 0 atom stereocenters. The molecule has 0 saturated carbocycles. The molecule has 0 unspecified atom stereocenters. The average molecular weight is 417 g/mol. The summed E-state index contributed by atoms with van der Waals surface area (Å²) in [5.41, 5.74) is 1.66. The second-order valence-corrected chi connectivity index (χ2v) is 8.31. The van der Waals surface area contributed by atoms with Crippen LogP contribution in [-0.4, -0.2) is 46.1 Å². The Morgan fingerprint density at radius 2 is 2.18 bits per heavy atom. The van der Waals surface area contributed by atoms with Crippen LogP contribution in [0, 0.1) is 6.92 Å². The number of aryl methyl sites for hydroxylation is 1. The van der Waals surface area contributed by atoms with E-state index in [1.165, 1.54) is 11.3 Å². The fraction of sp³-hybridized carbons (Fsp3) is 0.350. The van der Waals surface area contributed by atoms with E-state index in [9.17, 15) is 9.59 Å². The molecular formula is C20H21ClN4O2S. The highest BCUT2D eigenvalue weighted by Crippen LogP contribution is 2.32. The van der Waals surface area contributed by atoms with Crippen molar-refractivity contribution >= 4 is 45.0 Å². The molecule has 28 heavy (non-hydrogen) atoms. The molecule has 0 spiro atoms. The number of amides is 2. The Morgan fingerprint density at radius 3 is 2.93 bits per heavy atom. The van der Waals surface area contributed by atoms with Crippen LogP contribution in [0.25, 0.3) is 15.9 Å². The molecule has 1 aliphatic heterocycles. The number of halogens is 1. The van der Waals surface area contributed by atoms with Crippen molar-refractivity contribution in [2.75, 3.05) is 19.6 Å². The zero-order valence-corrected chi connectivity index (χ0v) is 17.1. The lowest BCUT2D eigenvalue weighted by molar-refractivity contribution is -0.127. The van der Waals surface area contributed by atoms with Crippen LogP contribution in [0.4, 0.5) is 0 Å². The molecular weight excluding hydrogens is 396 g/mol. The molecule has 0 bridgehead atoms. The number of aromatic nitrogens is 2. The molecule has 2 aromatic heterocycles. The quantitative estimate of drug-likeness (QED) is 0.621. The van der Waals surface area contributed by atoms with Crippen molar-refractivity contribution in [3.63, 3.8) is 0 Å². The number of fused-ring (bicyclic) bond motifs is 1. The van der Waals surface area contributed by atoms with Crippen molar-refractivity contribution in [2.45, 2.75) is 26.2 Å². The summed E-state index contributed by atoms with van der Waals surface area (Å²) in [6, 6.07) is 9.41. The highest BCUT2D eigenvalue weighted by atomic mass is 35.5. The number of thiophene rings is 1.